The first-order chi connectivity index (χ1) is 9.67. The van der Waals surface area contributed by atoms with Gasteiger partial charge in [0.05, 0.1) is 0 Å². The second-order valence-corrected chi connectivity index (χ2v) is 4.62. The van der Waals surface area contributed by atoms with Crippen molar-refractivity contribution in [1.82, 2.24) is 0 Å². The molecule has 0 amide bonds. The molecule has 0 radical (unpaired) electrons. The molecule has 0 bridgehead atoms. The zero-order chi connectivity index (χ0) is 15.4. The number of rotatable bonds is 2. The summed E-state index contributed by atoms with van der Waals surface area (Å²) in [6.45, 7) is 12.6. The first-order valence-electron chi connectivity index (χ1n) is 7.77. The Hall–Kier alpha value is -1.56. The predicted molar refractivity (Wildman–Crippen MR) is 92.5 cm³/mol. The largest absolute Gasteiger partial charge is 0.0683 e. The Morgan fingerprint density at radius 1 is 0.700 bits per heavy atom. The van der Waals surface area contributed by atoms with Crippen LogP contribution in [0.5, 0.6) is 0 Å². The molecule has 2 aromatic carbocycles. The molecular formula is C20H30. The maximum atomic E-state index is 2.18. The minimum absolute atomic E-state index is 1.14. The van der Waals surface area contributed by atoms with Crippen molar-refractivity contribution in [2.75, 3.05) is 0 Å². The molecule has 0 fully saturated rings. The highest BCUT2D eigenvalue weighted by molar-refractivity contribution is 5.25. The van der Waals surface area contributed by atoms with Crippen LogP contribution in [0.15, 0.2) is 48.5 Å². The van der Waals surface area contributed by atoms with Gasteiger partial charge in [0.1, 0.15) is 0 Å². The van der Waals surface area contributed by atoms with Crippen LogP contribution in [0, 0.1) is 13.8 Å². The van der Waals surface area contributed by atoms with Gasteiger partial charge in [-0.05, 0) is 43.4 Å². The average Bonchev–Trinajstić information content (AvgIpc) is 2.51. The summed E-state index contributed by atoms with van der Waals surface area (Å²) in [5, 5.41) is 0. The van der Waals surface area contributed by atoms with Crippen LogP contribution in [0.25, 0.3) is 0 Å². The lowest BCUT2D eigenvalue weighted by Gasteiger charge is -1.98. The minimum Gasteiger partial charge on any atom is -0.0683 e. The lowest BCUT2D eigenvalue weighted by atomic mass is 10.1. The van der Waals surface area contributed by atoms with E-state index in [4.69, 9.17) is 0 Å². The van der Waals surface area contributed by atoms with Crippen molar-refractivity contribution >= 4 is 0 Å². The molecule has 110 valence electrons. The molecule has 0 aliphatic rings. The van der Waals surface area contributed by atoms with Gasteiger partial charge in [-0.1, -0.05) is 81.8 Å². The highest BCUT2D eigenvalue weighted by atomic mass is 14.0. The van der Waals surface area contributed by atoms with E-state index in [1.807, 2.05) is 13.8 Å². The Balaban J connectivity index is 0.000000321. The summed E-state index contributed by atoms with van der Waals surface area (Å²) in [5.41, 5.74) is 5.62. The van der Waals surface area contributed by atoms with Crippen molar-refractivity contribution in [3.8, 4) is 0 Å². The van der Waals surface area contributed by atoms with E-state index in [1.165, 1.54) is 22.3 Å². The van der Waals surface area contributed by atoms with Gasteiger partial charge in [-0.15, -0.1) is 0 Å². The van der Waals surface area contributed by atoms with Gasteiger partial charge in [-0.25, -0.2) is 0 Å². The summed E-state index contributed by atoms with van der Waals surface area (Å²) in [7, 11) is 0. The normalized spacial score (nSPS) is 8.90. The summed E-state index contributed by atoms with van der Waals surface area (Å²) in [4.78, 5) is 0. The summed E-state index contributed by atoms with van der Waals surface area (Å²) in [6, 6.07) is 17.1. The van der Waals surface area contributed by atoms with Crippen molar-refractivity contribution < 1.29 is 0 Å². The Morgan fingerprint density at radius 3 is 1.65 bits per heavy atom. The van der Waals surface area contributed by atoms with Crippen molar-refractivity contribution in [2.45, 2.75) is 54.4 Å². The first kappa shape index (κ1) is 18.4. The van der Waals surface area contributed by atoms with Crippen LogP contribution in [0.1, 0.15) is 49.9 Å². The van der Waals surface area contributed by atoms with E-state index >= 15 is 0 Å². The lowest BCUT2D eigenvalue weighted by Crippen LogP contribution is -1.82. The zero-order valence-electron chi connectivity index (χ0n) is 14.0. The van der Waals surface area contributed by atoms with Gasteiger partial charge in [0, 0.05) is 0 Å². The van der Waals surface area contributed by atoms with Crippen LogP contribution in [-0.4, -0.2) is 0 Å². The molecule has 2 aromatic rings. The van der Waals surface area contributed by atoms with E-state index in [2.05, 4.69) is 76.2 Å². The monoisotopic (exact) mass is 270 g/mol. The molecule has 0 aliphatic heterocycles. The second-order valence-electron chi connectivity index (χ2n) is 4.62. The molecule has 0 saturated carbocycles. The van der Waals surface area contributed by atoms with Crippen molar-refractivity contribution in [3.63, 3.8) is 0 Å². The van der Waals surface area contributed by atoms with E-state index < -0.39 is 0 Å². The minimum atomic E-state index is 1.14. The smallest absolute Gasteiger partial charge is 0.0305 e. The van der Waals surface area contributed by atoms with E-state index in [1.54, 1.807) is 0 Å². The standard InChI is InChI=1S/2C9H12.C2H6/c1-3-9-6-4-8(2)5-7-9;1-3-9-7-5-4-6-8(9)2;1-2/h2*4-7H,3H2,1-2H3;1-2H3. The van der Waals surface area contributed by atoms with E-state index in [0.29, 0.717) is 0 Å². The summed E-state index contributed by atoms with van der Waals surface area (Å²) in [5.74, 6) is 0. The molecular weight excluding hydrogens is 240 g/mol. The average molecular weight is 270 g/mol. The van der Waals surface area contributed by atoms with E-state index in [-0.39, 0.29) is 0 Å². The summed E-state index contributed by atoms with van der Waals surface area (Å²) in [6.07, 6.45) is 2.28. The molecule has 0 N–H and O–H groups in total. The number of benzene rings is 2. The van der Waals surface area contributed by atoms with Crippen LogP contribution < -0.4 is 0 Å². The highest BCUT2D eigenvalue weighted by Crippen LogP contribution is 2.06. The topological polar surface area (TPSA) is 0 Å². The maximum Gasteiger partial charge on any atom is -0.0305 e. The van der Waals surface area contributed by atoms with E-state index in [9.17, 15) is 0 Å². The Bertz CT molecular complexity index is 452. The third-order valence-corrected chi connectivity index (χ3v) is 3.17. The third-order valence-electron chi connectivity index (χ3n) is 3.17. The van der Waals surface area contributed by atoms with Crippen LogP contribution in [-0.2, 0) is 12.8 Å². The van der Waals surface area contributed by atoms with Gasteiger partial charge in [-0.2, -0.15) is 0 Å². The quantitative estimate of drug-likeness (QED) is 0.614. The van der Waals surface area contributed by atoms with Crippen molar-refractivity contribution in [3.05, 3.63) is 70.8 Å². The molecule has 0 atom stereocenters. The Morgan fingerprint density at radius 2 is 1.25 bits per heavy atom. The van der Waals surface area contributed by atoms with Gasteiger partial charge in [0.15, 0.2) is 0 Å². The van der Waals surface area contributed by atoms with Crippen LogP contribution in [0.2, 0.25) is 0 Å². The lowest BCUT2D eigenvalue weighted by molar-refractivity contribution is 1.11. The summed E-state index contributed by atoms with van der Waals surface area (Å²) >= 11 is 0. The molecule has 0 aliphatic carbocycles. The maximum absolute atomic E-state index is 2.18. The predicted octanol–water partition coefficient (Wildman–Crippen LogP) is 6.14. The second kappa shape index (κ2) is 11.3. The first-order valence-corrected chi connectivity index (χ1v) is 7.77. The van der Waals surface area contributed by atoms with E-state index in [0.717, 1.165) is 12.8 Å². The summed E-state index contributed by atoms with van der Waals surface area (Å²) < 4.78 is 0. The zero-order valence-corrected chi connectivity index (χ0v) is 14.0. The molecule has 0 heteroatoms. The number of hydrogen-bond donors (Lipinski definition) is 0. The van der Waals surface area contributed by atoms with Crippen LogP contribution >= 0.6 is 0 Å². The number of aryl methyl sites for hydroxylation is 4. The molecule has 0 heterocycles. The highest BCUT2D eigenvalue weighted by Gasteiger charge is 1.89. The Kier molecular flexibility index (Phi) is 10.4. The molecule has 0 unspecified atom stereocenters. The molecule has 20 heavy (non-hydrogen) atoms. The van der Waals surface area contributed by atoms with Gasteiger partial charge in [0.2, 0.25) is 0 Å². The molecule has 2 rings (SSSR count). The van der Waals surface area contributed by atoms with Crippen LogP contribution in [0.4, 0.5) is 0 Å². The van der Waals surface area contributed by atoms with Gasteiger partial charge >= 0.3 is 0 Å². The molecule has 0 aromatic heterocycles. The molecule has 0 spiro atoms. The van der Waals surface area contributed by atoms with Gasteiger partial charge in [0.25, 0.3) is 0 Å². The molecule has 0 nitrogen and oxygen atoms in total. The van der Waals surface area contributed by atoms with Crippen molar-refractivity contribution in [1.29, 1.82) is 0 Å². The van der Waals surface area contributed by atoms with Gasteiger partial charge in [-0.3, -0.25) is 0 Å². The third kappa shape index (κ3) is 7.13. The fourth-order valence-corrected chi connectivity index (χ4v) is 1.83. The SMILES string of the molecule is CC.CCc1ccc(C)cc1.CCc1ccccc1C. The Labute approximate surface area is 125 Å². The van der Waals surface area contributed by atoms with Crippen LogP contribution in [0.3, 0.4) is 0 Å². The fourth-order valence-electron chi connectivity index (χ4n) is 1.83. The van der Waals surface area contributed by atoms with Gasteiger partial charge < -0.3 is 0 Å². The number of hydrogen-bond acceptors (Lipinski definition) is 0. The fraction of sp³-hybridized carbons (Fsp3) is 0.400. The van der Waals surface area contributed by atoms with Crippen molar-refractivity contribution in [2.24, 2.45) is 0 Å². The molecule has 0 saturated heterocycles.